The van der Waals surface area contributed by atoms with Crippen LogP contribution in [0, 0.1) is 11.6 Å². The molecule has 0 spiro atoms. The molecule has 0 fully saturated rings. The SMILES string of the molecule is CC(c1ccc(F)cc1F)c1ccccc1Cl. The van der Waals surface area contributed by atoms with Crippen molar-refractivity contribution < 1.29 is 8.78 Å². The van der Waals surface area contributed by atoms with Crippen LogP contribution in [0.25, 0.3) is 0 Å². The van der Waals surface area contributed by atoms with Crippen molar-refractivity contribution in [3.63, 3.8) is 0 Å². The van der Waals surface area contributed by atoms with E-state index in [0.717, 1.165) is 11.6 Å². The monoisotopic (exact) mass is 252 g/mol. The molecule has 2 aromatic carbocycles. The molecule has 0 radical (unpaired) electrons. The van der Waals surface area contributed by atoms with Gasteiger partial charge in [-0.1, -0.05) is 42.8 Å². The molecular weight excluding hydrogens is 242 g/mol. The van der Waals surface area contributed by atoms with Crippen molar-refractivity contribution in [3.8, 4) is 0 Å². The van der Waals surface area contributed by atoms with Gasteiger partial charge >= 0.3 is 0 Å². The van der Waals surface area contributed by atoms with E-state index in [1.807, 2.05) is 25.1 Å². The third kappa shape index (κ3) is 2.47. The van der Waals surface area contributed by atoms with Crippen molar-refractivity contribution in [1.82, 2.24) is 0 Å². The van der Waals surface area contributed by atoms with Crippen molar-refractivity contribution in [2.45, 2.75) is 12.8 Å². The Balaban J connectivity index is 2.44. The highest BCUT2D eigenvalue weighted by Crippen LogP contribution is 2.31. The second kappa shape index (κ2) is 4.84. The molecule has 3 heteroatoms. The Hall–Kier alpha value is -1.41. The molecule has 88 valence electrons. The highest BCUT2D eigenvalue weighted by Gasteiger charge is 2.15. The van der Waals surface area contributed by atoms with Crippen molar-refractivity contribution in [3.05, 3.63) is 70.2 Å². The molecule has 17 heavy (non-hydrogen) atoms. The highest BCUT2D eigenvalue weighted by molar-refractivity contribution is 6.31. The fraction of sp³-hybridized carbons (Fsp3) is 0.143. The second-order valence-corrected chi connectivity index (χ2v) is 4.32. The fourth-order valence-electron chi connectivity index (χ4n) is 1.85. The van der Waals surface area contributed by atoms with Gasteiger partial charge in [0.1, 0.15) is 11.6 Å². The maximum Gasteiger partial charge on any atom is 0.129 e. The standard InChI is InChI=1S/C14H11ClF2/c1-9(11-4-2-3-5-13(11)15)12-7-6-10(16)8-14(12)17/h2-9H,1H3. The van der Waals surface area contributed by atoms with Crippen LogP contribution >= 0.6 is 11.6 Å². The zero-order chi connectivity index (χ0) is 12.4. The van der Waals surface area contributed by atoms with Gasteiger partial charge in [-0.15, -0.1) is 0 Å². The third-order valence-electron chi connectivity index (χ3n) is 2.80. The molecule has 0 aliphatic rings. The predicted octanol–water partition coefficient (Wildman–Crippen LogP) is 4.77. The van der Waals surface area contributed by atoms with E-state index in [1.54, 1.807) is 6.07 Å². The Morgan fingerprint density at radius 1 is 1.00 bits per heavy atom. The highest BCUT2D eigenvalue weighted by atomic mass is 35.5. The van der Waals surface area contributed by atoms with Crippen LogP contribution in [-0.4, -0.2) is 0 Å². The van der Waals surface area contributed by atoms with E-state index in [-0.39, 0.29) is 5.92 Å². The largest absolute Gasteiger partial charge is 0.207 e. The molecule has 0 aliphatic heterocycles. The lowest BCUT2D eigenvalue weighted by Gasteiger charge is -2.14. The number of hydrogen-bond acceptors (Lipinski definition) is 0. The van der Waals surface area contributed by atoms with Gasteiger partial charge in [-0.25, -0.2) is 8.78 Å². The molecule has 2 rings (SSSR count). The summed E-state index contributed by atoms with van der Waals surface area (Å²) in [6.07, 6.45) is 0. The molecule has 0 aliphatic carbocycles. The second-order valence-electron chi connectivity index (χ2n) is 3.91. The van der Waals surface area contributed by atoms with Crippen LogP contribution in [0.15, 0.2) is 42.5 Å². The van der Waals surface area contributed by atoms with E-state index < -0.39 is 11.6 Å². The minimum atomic E-state index is -0.572. The first kappa shape index (κ1) is 12.1. The van der Waals surface area contributed by atoms with E-state index in [0.29, 0.717) is 10.6 Å². The van der Waals surface area contributed by atoms with Crippen LogP contribution in [0.3, 0.4) is 0 Å². The van der Waals surface area contributed by atoms with E-state index in [1.165, 1.54) is 12.1 Å². The molecule has 0 N–H and O–H groups in total. The van der Waals surface area contributed by atoms with E-state index in [4.69, 9.17) is 11.6 Å². The number of hydrogen-bond donors (Lipinski definition) is 0. The van der Waals surface area contributed by atoms with Crippen LogP contribution < -0.4 is 0 Å². The van der Waals surface area contributed by atoms with Gasteiger partial charge in [-0.3, -0.25) is 0 Å². The van der Waals surface area contributed by atoms with Crippen LogP contribution in [0.4, 0.5) is 8.78 Å². The number of halogens is 3. The third-order valence-corrected chi connectivity index (χ3v) is 3.14. The van der Waals surface area contributed by atoms with Gasteiger partial charge in [0.15, 0.2) is 0 Å². The van der Waals surface area contributed by atoms with Crippen LogP contribution in [-0.2, 0) is 0 Å². The summed E-state index contributed by atoms with van der Waals surface area (Å²) in [5, 5.41) is 0.587. The van der Waals surface area contributed by atoms with Crippen molar-refractivity contribution in [2.75, 3.05) is 0 Å². The zero-order valence-electron chi connectivity index (χ0n) is 9.25. The molecule has 0 saturated heterocycles. The molecule has 0 saturated carbocycles. The number of benzene rings is 2. The van der Waals surface area contributed by atoms with Gasteiger partial charge in [0, 0.05) is 17.0 Å². The summed E-state index contributed by atoms with van der Waals surface area (Å²) in [6, 6.07) is 10.9. The predicted molar refractivity (Wildman–Crippen MR) is 65.3 cm³/mol. The molecule has 0 heterocycles. The molecule has 0 bridgehead atoms. The van der Waals surface area contributed by atoms with Crippen molar-refractivity contribution in [1.29, 1.82) is 0 Å². The fourth-order valence-corrected chi connectivity index (χ4v) is 2.15. The van der Waals surface area contributed by atoms with Crippen LogP contribution in [0.2, 0.25) is 5.02 Å². The summed E-state index contributed by atoms with van der Waals surface area (Å²) in [5.41, 5.74) is 1.28. The van der Waals surface area contributed by atoms with Crippen LogP contribution in [0.1, 0.15) is 24.0 Å². The molecule has 0 aromatic heterocycles. The average Bonchev–Trinajstić information content (AvgIpc) is 2.29. The van der Waals surface area contributed by atoms with Gasteiger partial charge in [-0.05, 0) is 23.3 Å². The van der Waals surface area contributed by atoms with E-state index >= 15 is 0 Å². The van der Waals surface area contributed by atoms with Gasteiger partial charge in [0.05, 0.1) is 0 Å². The minimum Gasteiger partial charge on any atom is -0.207 e. The Morgan fingerprint density at radius 2 is 1.71 bits per heavy atom. The van der Waals surface area contributed by atoms with E-state index in [9.17, 15) is 8.78 Å². The first-order valence-corrected chi connectivity index (χ1v) is 5.66. The Bertz CT molecular complexity index is 537. The van der Waals surface area contributed by atoms with Gasteiger partial charge in [-0.2, -0.15) is 0 Å². The molecule has 0 amide bonds. The smallest absolute Gasteiger partial charge is 0.129 e. The van der Waals surface area contributed by atoms with Gasteiger partial charge < -0.3 is 0 Å². The van der Waals surface area contributed by atoms with Crippen LogP contribution in [0.5, 0.6) is 0 Å². The van der Waals surface area contributed by atoms with Gasteiger partial charge in [0.25, 0.3) is 0 Å². The number of rotatable bonds is 2. The van der Waals surface area contributed by atoms with E-state index in [2.05, 4.69) is 0 Å². The first-order chi connectivity index (χ1) is 8.09. The maximum absolute atomic E-state index is 13.6. The lowest BCUT2D eigenvalue weighted by Crippen LogP contribution is -2.00. The molecule has 2 aromatic rings. The van der Waals surface area contributed by atoms with Crippen molar-refractivity contribution >= 4 is 11.6 Å². The Morgan fingerprint density at radius 3 is 2.35 bits per heavy atom. The maximum atomic E-state index is 13.6. The Labute approximate surface area is 104 Å². The average molecular weight is 253 g/mol. The molecular formula is C14H11ClF2. The topological polar surface area (TPSA) is 0 Å². The molecule has 0 nitrogen and oxygen atoms in total. The first-order valence-electron chi connectivity index (χ1n) is 5.29. The lowest BCUT2D eigenvalue weighted by molar-refractivity contribution is 0.568. The Kier molecular flexibility index (Phi) is 3.43. The summed E-state index contributed by atoms with van der Waals surface area (Å²) in [4.78, 5) is 0. The zero-order valence-corrected chi connectivity index (χ0v) is 10.0. The summed E-state index contributed by atoms with van der Waals surface area (Å²) >= 11 is 6.06. The minimum absolute atomic E-state index is 0.204. The lowest BCUT2D eigenvalue weighted by atomic mass is 9.93. The summed E-state index contributed by atoms with van der Waals surface area (Å²) in [7, 11) is 0. The molecule has 1 atom stereocenters. The normalized spacial score (nSPS) is 12.5. The summed E-state index contributed by atoms with van der Waals surface area (Å²) < 4.78 is 26.5. The summed E-state index contributed by atoms with van der Waals surface area (Å²) in [6.45, 7) is 1.84. The quantitative estimate of drug-likeness (QED) is 0.722. The van der Waals surface area contributed by atoms with Gasteiger partial charge in [0.2, 0.25) is 0 Å². The molecule has 1 unspecified atom stereocenters. The summed E-state index contributed by atoms with van der Waals surface area (Å²) in [5.74, 6) is -1.32. The van der Waals surface area contributed by atoms with Crippen molar-refractivity contribution in [2.24, 2.45) is 0 Å².